The number of hydrogen-bond donors (Lipinski definition) is 0. The Balaban J connectivity index is 2.69. The first-order chi connectivity index (χ1) is 7.54. The molecule has 0 spiro atoms. The molecule has 1 heterocycles. The van der Waals surface area contributed by atoms with E-state index in [1.807, 2.05) is 33.8 Å². The molecule has 5 heteroatoms. The molecule has 94 valence electrons. The summed E-state index contributed by atoms with van der Waals surface area (Å²) in [6.07, 6.45) is 5.09. The first kappa shape index (κ1) is 14.4. The normalized spacial score (nSPS) is 23.1. The van der Waals surface area contributed by atoms with Gasteiger partial charge in [0, 0.05) is 0 Å². The van der Waals surface area contributed by atoms with Gasteiger partial charge < -0.3 is 0 Å². The average Bonchev–Trinajstić information content (AvgIpc) is 2.09. The summed E-state index contributed by atoms with van der Waals surface area (Å²) in [5.41, 5.74) is 0. The van der Waals surface area contributed by atoms with Crippen LogP contribution in [0.3, 0.4) is 0 Å². The van der Waals surface area contributed by atoms with Gasteiger partial charge in [-0.1, -0.05) is 0 Å². The maximum absolute atomic E-state index is 5.83. The van der Waals surface area contributed by atoms with E-state index in [9.17, 15) is 0 Å². The van der Waals surface area contributed by atoms with Crippen molar-refractivity contribution in [2.75, 3.05) is 13.2 Å². The summed E-state index contributed by atoms with van der Waals surface area (Å²) >= 11 is -3.76. The average molecular weight is 337 g/mol. The third-order valence-electron chi connectivity index (χ3n) is 1.85. The fraction of sp³-hybridized carbons (Fsp3) is 0.818. The van der Waals surface area contributed by atoms with Crippen molar-refractivity contribution in [1.82, 2.24) is 0 Å². The van der Waals surface area contributed by atoms with Crippen LogP contribution in [0.2, 0.25) is 0 Å². The Bertz CT molecular complexity index is 218. The molecule has 0 aromatic carbocycles. The molecule has 0 bridgehead atoms. The van der Waals surface area contributed by atoms with Crippen LogP contribution in [0.25, 0.3) is 0 Å². The zero-order valence-electron chi connectivity index (χ0n) is 10.6. The first-order valence-corrected chi connectivity index (χ1v) is 10.5. The molecule has 0 N–H and O–H groups in total. The van der Waals surface area contributed by atoms with E-state index < -0.39 is 20.0 Å². The molecule has 0 aliphatic carbocycles. The van der Waals surface area contributed by atoms with Crippen LogP contribution in [-0.4, -0.2) is 45.5 Å². The SMILES string of the molecule is CC(C)[O][Sn]1([O]C(C)C)[O]C/C=C\CC[O]1. The van der Waals surface area contributed by atoms with Crippen molar-refractivity contribution < 1.29 is 12.3 Å². The second-order valence-corrected chi connectivity index (χ2v) is 10.1. The molecule has 1 aliphatic heterocycles. The van der Waals surface area contributed by atoms with Gasteiger partial charge in [-0.2, -0.15) is 0 Å². The molecule has 1 rings (SSSR count). The van der Waals surface area contributed by atoms with Crippen LogP contribution in [0.1, 0.15) is 34.1 Å². The topological polar surface area (TPSA) is 36.9 Å². The van der Waals surface area contributed by atoms with Crippen LogP contribution in [0.5, 0.6) is 0 Å². The Labute approximate surface area is 104 Å². The molecule has 0 atom stereocenters. The molecule has 16 heavy (non-hydrogen) atoms. The fourth-order valence-corrected chi connectivity index (χ4v) is 7.75. The summed E-state index contributed by atoms with van der Waals surface area (Å²) in [7, 11) is 0. The summed E-state index contributed by atoms with van der Waals surface area (Å²) in [5, 5.41) is 0. The summed E-state index contributed by atoms with van der Waals surface area (Å²) in [4.78, 5) is 0. The third kappa shape index (κ3) is 5.14. The molecular formula is C11H22O4Sn. The van der Waals surface area contributed by atoms with Gasteiger partial charge in [0.05, 0.1) is 0 Å². The van der Waals surface area contributed by atoms with Gasteiger partial charge >= 0.3 is 104 Å². The second-order valence-electron chi connectivity index (χ2n) is 4.25. The number of rotatable bonds is 4. The Morgan fingerprint density at radius 1 is 1.00 bits per heavy atom. The van der Waals surface area contributed by atoms with E-state index in [2.05, 4.69) is 6.08 Å². The second kappa shape index (κ2) is 6.96. The molecule has 4 nitrogen and oxygen atoms in total. The van der Waals surface area contributed by atoms with Gasteiger partial charge in [0.2, 0.25) is 0 Å². The van der Waals surface area contributed by atoms with Gasteiger partial charge in [0.25, 0.3) is 0 Å². The van der Waals surface area contributed by atoms with Gasteiger partial charge in [-0.25, -0.2) is 0 Å². The van der Waals surface area contributed by atoms with Crippen molar-refractivity contribution >= 4 is 20.0 Å². The van der Waals surface area contributed by atoms with Gasteiger partial charge in [0.15, 0.2) is 0 Å². The van der Waals surface area contributed by atoms with Crippen molar-refractivity contribution in [3.8, 4) is 0 Å². The van der Waals surface area contributed by atoms with Crippen molar-refractivity contribution in [3.05, 3.63) is 12.2 Å². The first-order valence-electron chi connectivity index (χ1n) is 5.82. The van der Waals surface area contributed by atoms with E-state index in [1.165, 1.54) is 0 Å². The minimum absolute atomic E-state index is 0.0676. The van der Waals surface area contributed by atoms with Gasteiger partial charge in [-0.3, -0.25) is 0 Å². The Kier molecular flexibility index (Phi) is 6.28. The molecule has 0 saturated heterocycles. The zero-order valence-corrected chi connectivity index (χ0v) is 13.4. The van der Waals surface area contributed by atoms with Crippen LogP contribution >= 0.6 is 0 Å². The van der Waals surface area contributed by atoms with E-state index in [4.69, 9.17) is 12.3 Å². The molecule has 0 amide bonds. The molecule has 0 aromatic rings. The summed E-state index contributed by atoms with van der Waals surface area (Å²) < 4.78 is 23.2. The molecule has 0 aromatic heterocycles. The Morgan fingerprint density at radius 3 is 2.19 bits per heavy atom. The van der Waals surface area contributed by atoms with Crippen LogP contribution < -0.4 is 0 Å². The Hall–Kier alpha value is 0.379. The van der Waals surface area contributed by atoms with Crippen molar-refractivity contribution in [1.29, 1.82) is 0 Å². The molecule has 1 aliphatic rings. The van der Waals surface area contributed by atoms with Crippen molar-refractivity contribution in [2.45, 2.75) is 46.3 Å². The zero-order chi connectivity index (χ0) is 12.0. The summed E-state index contributed by atoms with van der Waals surface area (Å²) in [6, 6.07) is 0. The Morgan fingerprint density at radius 2 is 1.62 bits per heavy atom. The fourth-order valence-electron chi connectivity index (χ4n) is 1.37. The summed E-state index contributed by atoms with van der Waals surface area (Å²) in [5.74, 6) is 0. The van der Waals surface area contributed by atoms with E-state index in [0.29, 0.717) is 13.2 Å². The molecule has 0 radical (unpaired) electrons. The third-order valence-corrected chi connectivity index (χ3v) is 9.26. The van der Waals surface area contributed by atoms with E-state index in [-0.39, 0.29) is 12.2 Å². The van der Waals surface area contributed by atoms with Crippen molar-refractivity contribution in [3.63, 3.8) is 0 Å². The monoisotopic (exact) mass is 338 g/mol. The van der Waals surface area contributed by atoms with Crippen LogP contribution in [-0.2, 0) is 12.3 Å². The predicted octanol–water partition coefficient (Wildman–Crippen LogP) is 2.27. The van der Waals surface area contributed by atoms with Gasteiger partial charge in [-0.15, -0.1) is 0 Å². The molecular weight excluding hydrogens is 315 g/mol. The predicted molar refractivity (Wildman–Crippen MR) is 63.9 cm³/mol. The molecule has 0 unspecified atom stereocenters. The molecule has 0 fully saturated rings. The van der Waals surface area contributed by atoms with E-state index in [1.54, 1.807) is 0 Å². The van der Waals surface area contributed by atoms with Crippen LogP contribution in [0, 0.1) is 0 Å². The standard InChI is InChI=1S/C5H8O2.2C3H7O.Sn/c6-4-2-1-3-5-7;2*1-3(2)4;/h1-2H,3-5H2;2*3H,1-2H3;/q-2;2*-1;+4/b2-1-;;;. The minimum atomic E-state index is -3.76. The van der Waals surface area contributed by atoms with Gasteiger partial charge in [0.1, 0.15) is 0 Å². The van der Waals surface area contributed by atoms with E-state index in [0.717, 1.165) is 6.42 Å². The van der Waals surface area contributed by atoms with Crippen LogP contribution in [0.15, 0.2) is 12.2 Å². The van der Waals surface area contributed by atoms with Gasteiger partial charge in [-0.05, 0) is 0 Å². The molecule has 0 saturated carbocycles. The van der Waals surface area contributed by atoms with Crippen LogP contribution in [0.4, 0.5) is 0 Å². The number of hydrogen-bond acceptors (Lipinski definition) is 4. The van der Waals surface area contributed by atoms with E-state index >= 15 is 0 Å². The van der Waals surface area contributed by atoms with Crippen molar-refractivity contribution in [2.24, 2.45) is 0 Å². The summed E-state index contributed by atoms with van der Waals surface area (Å²) in [6.45, 7) is 9.04. The maximum atomic E-state index is 5.83. The quantitative estimate of drug-likeness (QED) is 0.583.